The van der Waals surface area contributed by atoms with Crippen molar-refractivity contribution in [2.24, 2.45) is 0 Å². The van der Waals surface area contributed by atoms with E-state index in [2.05, 4.69) is 6.58 Å². The molecule has 0 spiro atoms. The molecule has 0 radical (unpaired) electrons. The molecule has 1 aromatic rings. The fraction of sp³-hybridized carbons (Fsp3) is 0.444. The third-order valence-electron chi connectivity index (χ3n) is 2.92. The van der Waals surface area contributed by atoms with Gasteiger partial charge >= 0.3 is 6.09 Å². The summed E-state index contributed by atoms with van der Waals surface area (Å²) in [4.78, 5) is 27.6. The molecule has 0 N–H and O–H groups in total. The average Bonchev–Trinajstić information content (AvgIpc) is 2.49. The number of hydrogen-bond acceptors (Lipinski definition) is 4. The first kappa shape index (κ1) is 20.1. The monoisotopic (exact) mass is 350 g/mol. The van der Waals surface area contributed by atoms with Crippen LogP contribution >= 0.6 is 11.8 Å². The second-order valence-corrected chi connectivity index (χ2v) is 7.67. The summed E-state index contributed by atoms with van der Waals surface area (Å²) in [6, 6.07) is 9.26. The molecular weight excluding hydrogens is 324 g/mol. The van der Waals surface area contributed by atoms with Crippen LogP contribution in [0.1, 0.15) is 20.8 Å². The van der Waals surface area contributed by atoms with E-state index in [1.165, 1.54) is 9.80 Å². The summed E-state index contributed by atoms with van der Waals surface area (Å²) in [7, 11) is 3.39. The molecule has 132 valence electrons. The number of benzene rings is 1. The van der Waals surface area contributed by atoms with Crippen molar-refractivity contribution in [2.45, 2.75) is 31.6 Å². The van der Waals surface area contributed by atoms with E-state index in [1.807, 2.05) is 51.1 Å². The molecule has 0 heterocycles. The van der Waals surface area contributed by atoms with Gasteiger partial charge in [-0.2, -0.15) is 0 Å². The quantitative estimate of drug-likeness (QED) is 0.739. The number of rotatable bonds is 5. The van der Waals surface area contributed by atoms with Crippen molar-refractivity contribution in [3.63, 3.8) is 0 Å². The number of para-hydroxylation sites is 1. The molecule has 2 amide bonds. The van der Waals surface area contributed by atoms with Crippen LogP contribution in [-0.2, 0) is 4.74 Å². The van der Waals surface area contributed by atoms with Crippen LogP contribution in [0.3, 0.4) is 0 Å². The van der Waals surface area contributed by atoms with Crippen LogP contribution in [0, 0.1) is 0 Å². The van der Waals surface area contributed by atoms with E-state index < -0.39 is 11.7 Å². The van der Waals surface area contributed by atoms with Crippen LogP contribution in [0.25, 0.3) is 0 Å². The second-order valence-electron chi connectivity index (χ2n) is 6.48. The number of carbonyl (C=O) groups is 2. The van der Waals surface area contributed by atoms with E-state index in [-0.39, 0.29) is 10.5 Å². The fourth-order valence-corrected chi connectivity index (χ4v) is 2.57. The molecule has 0 saturated heterocycles. The molecule has 0 aromatic heterocycles. The number of hydrogen-bond donors (Lipinski definition) is 0. The molecule has 0 bridgehead atoms. The zero-order valence-corrected chi connectivity index (χ0v) is 15.8. The Morgan fingerprint density at radius 3 is 2.29 bits per heavy atom. The van der Waals surface area contributed by atoms with Gasteiger partial charge in [-0.15, -0.1) is 6.58 Å². The summed E-state index contributed by atoms with van der Waals surface area (Å²) in [6.45, 7) is 9.55. The summed E-state index contributed by atoms with van der Waals surface area (Å²) in [5, 5.41) is -0.329. The van der Waals surface area contributed by atoms with Crippen molar-refractivity contribution in [1.29, 1.82) is 0 Å². The zero-order valence-electron chi connectivity index (χ0n) is 15.0. The molecule has 1 atom stereocenters. The lowest BCUT2D eigenvalue weighted by Gasteiger charge is -2.29. The molecule has 6 heteroatoms. The predicted molar refractivity (Wildman–Crippen MR) is 101 cm³/mol. The standard InChI is InChI=1S/C18H26N2O3S/c1-7-15(24-17(22)19(5)6)13-20(14-11-9-8-10-12-14)16(21)23-18(2,3)4/h7-12,15H,1,13H2,2-6H3/t15-/m1/s1. The van der Waals surface area contributed by atoms with Gasteiger partial charge in [0.25, 0.3) is 5.24 Å². The highest BCUT2D eigenvalue weighted by Gasteiger charge is 2.26. The van der Waals surface area contributed by atoms with Crippen molar-refractivity contribution < 1.29 is 14.3 Å². The minimum absolute atomic E-state index is 0.0860. The Morgan fingerprint density at radius 2 is 1.83 bits per heavy atom. The molecule has 24 heavy (non-hydrogen) atoms. The summed E-state index contributed by atoms with van der Waals surface area (Å²) < 4.78 is 5.50. The topological polar surface area (TPSA) is 49.9 Å². The van der Waals surface area contributed by atoms with E-state index >= 15 is 0 Å². The normalized spacial score (nSPS) is 12.2. The molecule has 0 unspecified atom stereocenters. The lowest BCUT2D eigenvalue weighted by Crippen LogP contribution is -2.40. The second kappa shape index (κ2) is 8.78. The number of anilines is 1. The van der Waals surface area contributed by atoms with Gasteiger partial charge in [-0.25, -0.2) is 4.79 Å². The highest BCUT2D eigenvalue weighted by molar-refractivity contribution is 8.14. The highest BCUT2D eigenvalue weighted by Crippen LogP contribution is 2.23. The fourth-order valence-electron chi connectivity index (χ4n) is 1.79. The maximum Gasteiger partial charge on any atom is 0.414 e. The van der Waals surface area contributed by atoms with Gasteiger partial charge < -0.3 is 9.64 Å². The van der Waals surface area contributed by atoms with Gasteiger partial charge in [-0.1, -0.05) is 36.0 Å². The average molecular weight is 350 g/mol. The Morgan fingerprint density at radius 1 is 1.25 bits per heavy atom. The summed E-state index contributed by atoms with van der Waals surface area (Å²) in [5.41, 5.74) is 0.122. The SMILES string of the molecule is C=C[C@H](CN(C(=O)OC(C)(C)C)c1ccccc1)SC(=O)N(C)C. The number of thioether (sulfide) groups is 1. The summed E-state index contributed by atoms with van der Waals surface area (Å²) in [6.07, 6.45) is 1.23. The van der Waals surface area contributed by atoms with Crippen molar-refractivity contribution in [3.05, 3.63) is 43.0 Å². The molecule has 0 fully saturated rings. The van der Waals surface area contributed by atoms with Gasteiger partial charge in [0, 0.05) is 26.3 Å². The maximum absolute atomic E-state index is 12.6. The van der Waals surface area contributed by atoms with Crippen LogP contribution in [0.2, 0.25) is 0 Å². The predicted octanol–water partition coefficient (Wildman–Crippen LogP) is 4.40. The van der Waals surface area contributed by atoms with Gasteiger partial charge in [-0.05, 0) is 32.9 Å². The van der Waals surface area contributed by atoms with Crippen LogP contribution < -0.4 is 4.90 Å². The van der Waals surface area contributed by atoms with Crippen molar-refractivity contribution in [3.8, 4) is 0 Å². The summed E-state index contributed by atoms with van der Waals surface area (Å²) >= 11 is 1.13. The first-order valence-corrected chi connectivity index (χ1v) is 8.58. The lowest BCUT2D eigenvalue weighted by atomic mass is 10.2. The smallest absolute Gasteiger partial charge is 0.414 e. The summed E-state index contributed by atoms with van der Waals surface area (Å²) in [5.74, 6) is 0. The number of amides is 2. The number of carbonyl (C=O) groups excluding carboxylic acids is 2. The molecule has 5 nitrogen and oxygen atoms in total. The Balaban J connectivity index is 2.98. The van der Waals surface area contributed by atoms with E-state index in [0.29, 0.717) is 6.54 Å². The molecule has 0 aliphatic heterocycles. The van der Waals surface area contributed by atoms with Crippen molar-refractivity contribution in [2.75, 3.05) is 25.5 Å². The minimum atomic E-state index is -0.597. The molecule has 1 aromatic carbocycles. The zero-order chi connectivity index (χ0) is 18.3. The van der Waals surface area contributed by atoms with Crippen LogP contribution in [-0.4, -0.2) is 47.7 Å². The van der Waals surface area contributed by atoms with Gasteiger partial charge in [0.05, 0.1) is 5.25 Å². The molecule has 0 aliphatic rings. The maximum atomic E-state index is 12.6. The first-order valence-electron chi connectivity index (χ1n) is 7.70. The Labute approximate surface area is 148 Å². The number of nitrogens with zero attached hydrogens (tertiary/aromatic N) is 2. The van der Waals surface area contributed by atoms with Crippen LogP contribution in [0.15, 0.2) is 43.0 Å². The number of ether oxygens (including phenoxy) is 1. The highest BCUT2D eigenvalue weighted by atomic mass is 32.2. The molecule has 0 aliphatic carbocycles. The third kappa shape index (κ3) is 6.66. The Kier molecular flexibility index (Phi) is 7.35. The largest absolute Gasteiger partial charge is 0.443 e. The third-order valence-corrected chi connectivity index (χ3v) is 4.14. The molecule has 1 rings (SSSR count). The van der Waals surface area contributed by atoms with Gasteiger partial charge in [0.15, 0.2) is 0 Å². The van der Waals surface area contributed by atoms with E-state index in [4.69, 9.17) is 4.74 Å². The van der Waals surface area contributed by atoms with Gasteiger partial charge in [0.1, 0.15) is 5.60 Å². The minimum Gasteiger partial charge on any atom is -0.443 e. The van der Waals surface area contributed by atoms with Gasteiger partial charge in [-0.3, -0.25) is 9.69 Å². The van der Waals surface area contributed by atoms with Crippen molar-refractivity contribution >= 4 is 28.8 Å². The van der Waals surface area contributed by atoms with Crippen molar-refractivity contribution in [1.82, 2.24) is 4.90 Å². The van der Waals surface area contributed by atoms with Crippen LogP contribution in [0.4, 0.5) is 15.3 Å². The molecule has 0 saturated carbocycles. The lowest BCUT2D eigenvalue weighted by molar-refractivity contribution is 0.0581. The first-order chi connectivity index (χ1) is 11.1. The van der Waals surface area contributed by atoms with Crippen LogP contribution in [0.5, 0.6) is 0 Å². The van der Waals surface area contributed by atoms with E-state index in [9.17, 15) is 9.59 Å². The molecular formula is C18H26N2O3S. The Bertz CT molecular complexity index is 567. The van der Waals surface area contributed by atoms with Gasteiger partial charge in [0.2, 0.25) is 0 Å². The Hall–Kier alpha value is -1.95. The van der Waals surface area contributed by atoms with E-state index in [0.717, 1.165) is 17.4 Å². The van der Waals surface area contributed by atoms with E-state index in [1.54, 1.807) is 20.2 Å².